The Kier molecular flexibility index (Phi) is 3.97. The van der Waals surface area contributed by atoms with Crippen molar-refractivity contribution in [1.82, 2.24) is 24.2 Å². The molecule has 140 valence electrons. The van der Waals surface area contributed by atoms with Gasteiger partial charge in [-0.15, -0.1) is 0 Å². The largest absolute Gasteiger partial charge is 0.336 e. The predicted octanol–water partition coefficient (Wildman–Crippen LogP) is 2.94. The lowest BCUT2D eigenvalue weighted by Crippen LogP contribution is -2.40. The van der Waals surface area contributed by atoms with Crippen molar-refractivity contribution >= 4 is 16.9 Å². The van der Waals surface area contributed by atoms with Gasteiger partial charge in [0.2, 0.25) is 5.91 Å². The number of fused-ring (bicyclic) bond motifs is 2. The lowest BCUT2D eigenvalue weighted by atomic mass is 9.86. The van der Waals surface area contributed by atoms with Gasteiger partial charge in [0.25, 0.3) is 0 Å². The fourth-order valence-corrected chi connectivity index (χ4v) is 4.08. The van der Waals surface area contributed by atoms with E-state index in [0.29, 0.717) is 19.6 Å². The minimum absolute atomic E-state index is 0.103. The van der Waals surface area contributed by atoms with Crippen LogP contribution in [0.15, 0.2) is 67.3 Å². The van der Waals surface area contributed by atoms with Crippen molar-refractivity contribution in [2.75, 3.05) is 6.54 Å². The second kappa shape index (κ2) is 6.64. The molecule has 3 heterocycles. The molecule has 4 aromatic rings. The van der Waals surface area contributed by atoms with Crippen LogP contribution < -0.4 is 0 Å². The molecular weight excluding hydrogens is 350 g/mol. The first-order valence-electron chi connectivity index (χ1n) is 9.43. The minimum Gasteiger partial charge on any atom is -0.336 e. The van der Waals surface area contributed by atoms with E-state index in [9.17, 15) is 4.79 Å². The number of rotatable bonds is 3. The van der Waals surface area contributed by atoms with Crippen LogP contribution in [0.2, 0.25) is 0 Å². The zero-order chi connectivity index (χ0) is 19.1. The number of aromatic nitrogens is 4. The maximum absolute atomic E-state index is 13.2. The lowest BCUT2D eigenvalue weighted by molar-refractivity contribution is -0.132. The molecule has 28 heavy (non-hydrogen) atoms. The van der Waals surface area contributed by atoms with Gasteiger partial charge in [-0.3, -0.25) is 9.48 Å². The van der Waals surface area contributed by atoms with E-state index in [4.69, 9.17) is 0 Å². The highest BCUT2D eigenvalue weighted by atomic mass is 16.2. The molecule has 6 heteroatoms. The molecular formula is C22H21N5O. The summed E-state index contributed by atoms with van der Waals surface area (Å²) < 4.78 is 3.74. The number of imidazole rings is 1. The van der Waals surface area contributed by atoms with E-state index in [1.54, 1.807) is 6.33 Å². The molecule has 1 aliphatic rings. The smallest absolute Gasteiger partial charge is 0.242 e. The second-order valence-electron chi connectivity index (χ2n) is 7.33. The number of carbonyl (C=O) groups is 1. The van der Waals surface area contributed by atoms with Crippen LogP contribution in [0.4, 0.5) is 0 Å². The Morgan fingerprint density at radius 3 is 2.82 bits per heavy atom. The first kappa shape index (κ1) is 16.7. The Balaban J connectivity index is 1.45. The number of amides is 1. The van der Waals surface area contributed by atoms with Crippen LogP contribution in [-0.4, -0.2) is 36.7 Å². The molecule has 0 spiro atoms. The van der Waals surface area contributed by atoms with Gasteiger partial charge in [-0.05, 0) is 28.8 Å². The van der Waals surface area contributed by atoms with Crippen LogP contribution in [0.5, 0.6) is 0 Å². The quantitative estimate of drug-likeness (QED) is 0.556. The SMILES string of the molecule is Cn1cc([C@@H]2CN(C(=O)Cn3cnc4ccccc43)Cc3ccccc32)cn1. The molecule has 0 N–H and O–H groups in total. The summed E-state index contributed by atoms with van der Waals surface area (Å²) in [5.74, 6) is 0.244. The van der Waals surface area contributed by atoms with Crippen LogP contribution in [0.1, 0.15) is 22.6 Å². The lowest BCUT2D eigenvalue weighted by Gasteiger charge is -2.34. The average Bonchev–Trinajstić information content (AvgIpc) is 3.33. The number of nitrogens with zero attached hydrogens (tertiary/aromatic N) is 5. The molecule has 1 atom stereocenters. The molecule has 5 rings (SSSR count). The average molecular weight is 371 g/mol. The van der Waals surface area contributed by atoms with Crippen LogP contribution in [-0.2, 0) is 24.9 Å². The van der Waals surface area contributed by atoms with Gasteiger partial charge >= 0.3 is 0 Å². The van der Waals surface area contributed by atoms with E-state index < -0.39 is 0 Å². The third kappa shape index (κ3) is 2.87. The highest BCUT2D eigenvalue weighted by molar-refractivity contribution is 5.81. The van der Waals surface area contributed by atoms with Gasteiger partial charge in [-0.25, -0.2) is 4.98 Å². The van der Waals surface area contributed by atoms with Crippen molar-refractivity contribution in [3.8, 4) is 0 Å². The van der Waals surface area contributed by atoms with Gasteiger partial charge in [0.1, 0.15) is 6.54 Å². The molecule has 2 aromatic carbocycles. The summed E-state index contributed by atoms with van der Waals surface area (Å²) in [7, 11) is 1.92. The first-order chi connectivity index (χ1) is 13.7. The van der Waals surface area contributed by atoms with Crippen LogP contribution in [0.25, 0.3) is 11.0 Å². The highest BCUT2D eigenvalue weighted by Gasteiger charge is 2.29. The summed E-state index contributed by atoms with van der Waals surface area (Å²) in [5, 5.41) is 4.33. The third-order valence-corrected chi connectivity index (χ3v) is 5.51. The van der Waals surface area contributed by atoms with E-state index >= 15 is 0 Å². The van der Waals surface area contributed by atoms with Crippen molar-refractivity contribution < 1.29 is 4.79 Å². The van der Waals surface area contributed by atoms with Gasteiger partial charge in [0, 0.05) is 32.3 Å². The van der Waals surface area contributed by atoms with Crippen molar-refractivity contribution in [3.05, 3.63) is 83.9 Å². The normalized spacial score (nSPS) is 16.3. The van der Waals surface area contributed by atoms with E-state index in [1.807, 2.05) is 63.9 Å². The summed E-state index contributed by atoms with van der Waals surface area (Å²) in [5.41, 5.74) is 5.52. The Morgan fingerprint density at radius 2 is 1.96 bits per heavy atom. The topological polar surface area (TPSA) is 56.0 Å². The minimum atomic E-state index is 0.103. The molecule has 0 radical (unpaired) electrons. The fourth-order valence-electron chi connectivity index (χ4n) is 4.08. The number of benzene rings is 2. The summed E-state index contributed by atoms with van der Waals surface area (Å²) in [6.07, 6.45) is 5.69. The molecule has 0 aliphatic carbocycles. The maximum Gasteiger partial charge on any atom is 0.242 e. The van der Waals surface area contributed by atoms with Gasteiger partial charge in [-0.2, -0.15) is 5.10 Å². The monoisotopic (exact) mass is 371 g/mol. The number of hydrogen-bond acceptors (Lipinski definition) is 3. The van der Waals surface area contributed by atoms with E-state index in [0.717, 1.165) is 16.6 Å². The van der Waals surface area contributed by atoms with Gasteiger partial charge in [-0.1, -0.05) is 36.4 Å². The number of hydrogen-bond donors (Lipinski definition) is 0. The molecule has 2 aromatic heterocycles. The third-order valence-electron chi connectivity index (χ3n) is 5.51. The van der Waals surface area contributed by atoms with Gasteiger partial charge in [0.15, 0.2) is 0 Å². The van der Waals surface area contributed by atoms with Crippen LogP contribution in [0, 0.1) is 0 Å². The first-order valence-corrected chi connectivity index (χ1v) is 9.43. The molecule has 0 saturated heterocycles. The molecule has 0 saturated carbocycles. The molecule has 1 aliphatic heterocycles. The number of carbonyl (C=O) groups excluding carboxylic acids is 1. The zero-order valence-electron chi connectivity index (χ0n) is 15.7. The zero-order valence-corrected chi connectivity index (χ0v) is 15.7. The summed E-state index contributed by atoms with van der Waals surface area (Å²) in [4.78, 5) is 19.5. The van der Waals surface area contributed by atoms with Crippen molar-refractivity contribution in [2.24, 2.45) is 7.05 Å². The van der Waals surface area contributed by atoms with Crippen molar-refractivity contribution in [1.29, 1.82) is 0 Å². The standard InChI is InChI=1S/C22H21N5O/c1-25-11-17(10-24-25)19-13-26(12-16-6-2-3-7-18(16)19)22(28)14-27-15-23-20-8-4-5-9-21(20)27/h2-11,15,19H,12-14H2,1H3/t19-/m0/s1. The Bertz CT molecular complexity index is 1160. The fraction of sp³-hybridized carbons (Fsp3) is 0.227. The maximum atomic E-state index is 13.2. The number of para-hydroxylation sites is 2. The molecule has 0 unspecified atom stereocenters. The highest BCUT2D eigenvalue weighted by Crippen LogP contribution is 2.33. The second-order valence-corrected chi connectivity index (χ2v) is 7.33. The number of aryl methyl sites for hydroxylation is 1. The van der Waals surface area contributed by atoms with E-state index in [-0.39, 0.29) is 11.8 Å². The molecule has 0 bridgehead atoms. The Hall–Kier alpha value is -3.41. The van der Waals surface area contributed by atoms with E-state index in [1.165, 1.54) is 11.1 Å². The molecule has 6 nitrogen and oxygen atoms in total. The van der Waals surface area contributed by atoms with Gasteiger partial charge in [0.05, 0.1) is 23.6 Å². The van der Waals surface area contributed by atoms with Crippen LogP contribution >= 0.6 is 0 Å². The van der Waals surface area contributed by atoms with Crippen LogP contribution in [0.3, 0.4) is 0 Å². The van der Waals surface area contributed by atoms with Crippen molar-refractivity contribution in [3.63, 3.8) is 0 Å². The predicted molar refractivity (Wildman–Crippen MR) is 107 cm³/mol. The van der Waals surface area contributed by atoms with Crippen molar-refractivity contribution in [2.45, 2.75) is 19.0 Å². The Labute approximate surface area is 163 Å². The summed E-state index contributed by atoms with van der Waals surface area (Å²) in [6.45, 7) is 1.59. The van der Waals surface area contributed by atoms with Gasteiger partial charge < -0.3 is 9.47 Å². The summed E-state index contributed by atoms with van der Waals surface area (Å²) >= 11 is 0. The summed E-state index contributed by atoms with van der Waals surface area (Å²) in [6, 6.07) is 16.3. The molecule has 0 fully saturated rings. The molecule has 1 amide bonds. The van der Waals surface area contributed by atoms with E-state index in [2.05, 4.69) is 28.3 Å². The Morgan fingerprint density at radius 1 is 1.14 bits per heavy atom.